The molecule has 0 saturated carbocycles. The summed E-state index contributed by atoms with van der Waals surface area (Å²) in [6.07, 6.45) is 6.37. The predicted molar refractivity (Wildman–Crippen MR) is 102 cm³/mol. The van der Waals surface area contributed by atoms with Crippen molar-refractivity contribution in [3.05, 3.63) is 23.3 Å². The first-order valence-corrected chi connectivity index (χ1v) is 9.32. The normalized spacial score (nSPS) is 20.0. The van der Waals surface area contributed by atoms with Gasteiger partial charge in [0.1, 0.15) is 0 Å². The lowest BCUT2D eigenvalue weighted by Gasteiger charge is -2.48. The lowest BCUT2D eigenvalue weighted by atomic mass is 9.79. The summed E-state index contributed by atoms with van der Waals surface area (Å²) in [5, 5.41) is 0. The van der Waals surface area contributed by atoms with E-state index in [1.54, 1.807) is 0 Å². The summed E-state index contributed by atoms with van der Waals surface area (Å²) in [4.78, 5) is 2.62. The van der Waals surface area contributed by atoms with Crippen molar-refractivity contribution in [2.24, 2.45) is 0 Å². The van der Waals surface area contributed by atoms with Crippen LogP contribution in [0.4, 0.5) is 11.4 Å². The zero-order chi connectivity index (χ0) is 16.3. The average molecular weight is 321 g/mol. The monoisotopic (exact) mass is 320 g/mol. The van der Waals surface area contributed by atoms with E-state index in [1.807, 2.05) is 0 Å². The molecule has 1 unspecified atom stereocenters. The third-order valence-corrected chi connectivity index (χ3v) is 5.52. The Kier molecular flexibility index (Phi) is 5.70. The van der Waals surface area contributed by atoms with E-state index in [1.165, 1.54) is 42.5 Å². The molecule has 0 aromatic heterocycles. The van der Waals surface area contributed by atoms with Crippen molar-refractivity contribution in [3.63, 3.8) is 0 Å². The first-order valence-electron chi connectivity index (χ1n) is 8.69. The zero-order valence-corrected chi connectivity index (χ0v) is 15.5. The van der Waals surface area contributed by atoms with E-state index in [0.29, 0.717) is 5.92 Å². The second kappa shape index (κ2) is 7.16. The molecule has 0 bridgehead atoms. The fourth-order valence-electron chi connectivity index (χ4n) is 3.72. The van der Waals surface area contributed by atoms with Crippen molar-refractivity contribution in [2.75, 3.05) is 22.9 Å². The molecule has 0 radical (unpaired) electrons. The lowest BCUT2D eigenvalue weighted by Crippen LogP contribution is -2.49. The van der Waals surface area contributed by atoms with E-state index >= 15 is 0 Å². The van der Waals surface area contributed by atoms with Crippen molar-refractivity contribution in [3.8, 4) is 0 Å². The number of nitrogens with two attached hydrogens (primary N) is 1. The molecule has 0 amide bonds. The van der Waals surface area contributed by atoms with Crippen molar-refractivity contribution in [2.45, 2.75) is 71.3 Å². The molecule has 2 nitrogen and oxygen atoms in total. The van der Waals surface area contributed by atoms with Crippen LogP contribution in [-0.2, 0) is 0 Å². The summed E-state index contributed by atoms with van der Waals surface area (Å²) >= 11 is 4.59. The number of hydrogen-bond acceptors (Lipinski definition) is 3. The topological polar surface area (TPSA) is 29.3 Å². The molecule has 0 fully saturated rings. The van der Waals surface area contributed by atoms with Crippen LogP contribution in [0, 0.1) is 6.92 Å². The van der Waals surface area contributed by atoms with Gasteiger partial charge in [-0.2, -0.15) is 12.6 Å². The van der Waals surface area contributed by atoms with Gasteiger partial charge in [0.2, 0.25) is 0 Å². The minimum Gasteiger partial charge on any atom is -0.399 e. The number of benzene rings is 1. The molecule has 2 rings (SSSR count). The molecular formula is C19H32N2S. The van der Waals surface area contributed by atoms with Gasteiger partial charge in [-0.1, -0.05) is 26.2 Å². The van der Waals surface area contributed by atoms with Gasteiger partial charge >= 0.3 is 0 Å². The van der Waals surface area contributed by atoms with E-state index in [0.717, 1.165) is 24.4 Å². The Labute approximate surface area is 141 Å². The highest BCUT2D eigenvalue weighted by atomic mass is 32.1. The largest absolute Gasteiger partial charge is 0.399 e. The van der Waals surface area contributed by atoms with Crippen LogP contribution in [0.2, 0.25) is 0 Å². The summed E-state index contributed by atoms with van der Waals surface area (Å²) in [7, 11) is 0. The molecule has 1 aromatic rings. The van der Waals surface area contributed by atoms with Crippen molar-refractivity contribution >= 4 is 24.0 Å². The van der Waals surface area contributed by atoms with Gasteiger partial charge < -0.3 is 10.6 Å². The maximum absolute atomic E-state index is 6.17. The third-order valence-electron chi connectivity index (χ3n) is 5.08. The Morgan fingerprint density at radius 2 is 2.00 bits per heavy atom. The number of nitrogens with zero attached hydrogens (tertiary/aromatic N) is 1. The molecule has 1 atom stereocenters. The quantitative estimate of drug-likeness (QED) is 0.431. The number of hydrogen-bond donors (Lipinski definition) is 2. The minimum atomic E-state index is 0.190. The molecule has 0 aliphatic carbocycles. The van der Waals surface area contributed by atoms with E-state index < -0.39 is 0 Å². The van der Waals surface area contributed by atoms with Crippen LogP contribution in [0.15, 0.2) is 12.1 Å². The van der Waals surface area contributed by atoms with Gasteiger partial charge in [0, 0.05) is 23.5 Å². The second-order valence-corrected chi connectivity index (χ2v) is 7.74. The first kappa shape index (κ1) is 17.5. The van der Waals surface area contributed by atoms with Crippen molar-refractivity contribution < 1.29 is 0 Å². The second-order valence-electron chi connectivity index (χ2n) is 7.38. The number of anilines is 2. The molecule has 1 aromatic carbocycles. The van der Waals surface area contributed by atoms with Crippen LogP contribution in [0.3, 0.4) is 0 Å². The van der Waals surface area contributed by atoms with Crippen molar-refractivity contribution in [1.82, 2.24) is 0 Å². The lowest BCUT2D eigenvalue weighted by molar-refractivity contribution is 0.374. The summed E-state index contributed by atoms with van der Waals surface area (Å²) in [6.45, 7) is 10.3. The fraction of sp³-hybridized carbons (Fsp3) is 0.684. The molecule has 2 N–H and O–H groups in total. The smallest absolute Gasteiger partial charge is 0.0410 e. The molecular weight excluding hydrogens is 288 g/mol. The molecule has 124 valence electrons. The van der Waals surface area contributed by atoms with E-state index in [4.69, 9.17) is 5.73 Å². The van der Waals surface area contributed by atoms with Crippen LogP contribution >= 0.6 is 12.6 Å². The van der Waals surface area contributed by atoms with E-state index in [-0.39, 0.29) is 5.54 Å². The third kappa shape index (κ3) is 3.56. The standard InChI is InChI=1S/C19H32N2S/c1-5-6-7-8-9-21-18-10-14(2)17(20)11-16(18)15(13-22)12-19(21,3)4/h10-11,15,22H,5-9,12-13,20H2,1-4H3. The number of unbranched alkanes of at least 4 members (excludes halogenated alkanes) is 3. The predicted octanol–water partition coefficient (Wildman–Crippen LogP) is 5.16. The van der Waals surface area contributed by atoms with E-state index in [9.17, 15) is 0 Å². The van der Waals surface area contributed by atoms with Gasteiger partial charge in [0.05, 0.1) is 0 Å². The maximum Gasteiger partial charge on any atom is 0.0410 e. The van der Waals surface area contributed by atoms with E-state index in [2.05, 4.69) is 57.4 Å². The van der Waals surface area contributed by atoms with Gasteiger partial charge in [0.15, 0.2) is 0 Å². The zero-order valence-electron chi connectivity index (χ0n) is 14.7. The number of thiol groups is 1. The molecule has 1 aliphatic heterocycles. The molecule has 0 spiro atoms. The summed E-state index contributed by atoms with van der Waals surface area (Å²) in [5.74, 6) is 1.39. The molecule has 22 heavy (non-hydrogen) atoms. The molecule has 3 heteroatoms. The van der Waals surface area contributed by atoms with Gasteiger partial charge in [0.25, 0.3) is 0 Å². The minimum absolute atomic E-state index is 0.190. The highest BCUT2D eigenvalue weighted by Gasteiger charge is 2.37. The van der Waals surface area contributed by atoms with Gasteiger partial charge in [-0.05, 0) is 68.5 Å². The Balaban J connectivity index is 2.33. The Hall–Kier alpha value is -0.830. The number of nitrogen functional groups attached to an aromatic ring is 1. The van der Waals surface area contributed by atoms with Crippen molar-refractivity contribution in [1.29, 1.82) is 0 Å². The Morgan fingerprint density at radius 3 is 2.64 bits per heavy atom. The van der Waals surface area contributed by atoms with Gasteiger partial charge in [-0.25, -0.2) is 0 Å². The Bertz CT molecular complexity index is 510. The average Bonchev–Trinajstić information content (AvgIpc) is 2.46. The fourth-order valence-corrected chi connectivity index (χ4v) is 4.05. The number of rotatable bonds is 6. The first-order chi connectivity index (χ1) is 10.4. The summed E-state index contributed by atoms with van der Waals surface area (Å²) in [6, 6.07) is 4.49. The molecule has 1 aliphatic rings. The molecule has 0 saturated heterocycles. The number of aryl methyl sites for hydroxylation is 1. The van der Waals surface area contributed by atoms with Crippen LogP contribution < -0.4 is 10.6 Å². The van der Waals surface area contributed by atoms with Gasteiger partial charge in [-0.3, -0.25) is 0 Å². The maximum atomic E-state index is 6.17. The van der Waals surface area contributed by atoms with Crippen LogP contribution in [0.25, 0.3) is 0 Å². The van der Waals surface area contributed by atoms with Crippen LogP contribution in [0.5, 0.6) is 0 Å². The Morgan fingerprint density at radius 1 is 1.27 bits per heavy atom. The van der Waals surface area contributed by atoms with Crippen LogP contribution in [0.1, 0.15) is 69.9 Å². The number of fused-ring (bicyclic) bond motifs is 1. The van der Waals surface area contributed by atoms with Crippen LogP contribution in [-0.4, -0.2) is 17.8 Å². The summed E-state index contributed by atoms with van der Waals surface area (Å²) in [5.41, 5.74) is 11.2. The SMILES string of the molecule is CCCCCCN1c2cc(C)c(N)cc2C(CS)CC1(C)C. The molecule has 1 heterocycles. The summed E-state index contributed by atoms with van der Waals surface area (Å²) < 4.78 is 0. The van der Waals surface area contributed by atoms with Gasteiger partial charge in [-0.15, -0.1) is 0 Å². The highest BCUT2D eigenvalue weighted by molar-refractivity contribution is 7.80. The highest BCUT2D eigenvalue weighted by Crippen LogP contribution is 2.45.